The molecule has 4 heterocycles. The van der Waals surface area contributed by atoms with Crippen LogP contribution in [0.5, 0.6) is 5.75 Å². The number of benzene rings is 1. The summed E-state index contributed by atoms with van der Waals surface area (Å²) in [5.41, 5.74) is 2.71. The summed E-state index contributed by atoms with van der Waals surface area (Å²) in [6.07, 6.45) is 5.16. The zero-order valence-electron chi connectivity index (χ0n) is 18.6. The summed E-state index contributed by atoms with van der Waals surface area (Å²) < 4.78 is 32.0. The molecule has 180 valence electrons. The molecule has 1 amide bonds. The first kappa shape index (κ1) is 22.6. The number of fused-ring (bicyclic) bond motifs is 1. The summed E-state index contributed by atoms with van der Waals surface area (Å²) >= 11 is 0. The highest BCUT2D eigenvalue weighted by Gasteiger charge is 2.24. The first-order valence-electron chi connectivity index (χ1n) is 10.8. The van der Waals surface area contributed by atoms with Crippen molar-refractivity contribution in [1.29, 1.82) is 0 Å². The Labute approximate surface area is 198 Å². The minimum Gasteiger partial charge on any atom is -0.434 e. The van der Waals surface area contributed by atoms with Crippen molar-refractivity contribution < 1.29 is 23.4 Å². The minimum absolute atomic E-state index is 0.0851. The molecule has 0 bridgehead atoms. The lowest BCUT2D eigenvalue weighted by Gasteiger charge is -2.26. The van der Waals surface area contributed by atoms with Crippen LogP contribution in [0.4, 0.5) is 14.7 Å². The van der Waals surface area contributed by atoms with Crippen LogP contribution in [0.2, 0.25) is 0 Å². The van der Waals surface area contributed by atoms with Gasteiger partial charge in [-0.1, -0.05) is 18.2 Å². The van der Waals surface area contributed by atoms with Crippen LogP contribution in [-0.4, -0.2) is 61.6 Å². The lowest BCUT2D eigenvalue weighted by atomic mass is 10.0. The van der Waals surface area contributed by atoms with Crippen molar-refractivity contribution in [2.24, 2.45) is 0 Å². The quantitative estimate of drug-likeness (QED) is 0.430. The number of amides is 1. The smallest absolute Gasteiger partial charge is 0.387 e. The van der Waals surface area contributed by atoms with Crippen LogP contribution in [0.15, 0.2) is 49.1 Å². The molecule has 2 N–H and O–H groups in total. The van der Waals surface area contributed by atoms with Gasteiger partial charge in [0, 0.05) is 42.8 Å². The topological polar surface area (TPSA) is 118 Å². The molecule has 0 saturated carbocycles. The van der Waals surface area contributed by atoms with Crippen LogP contribution in [0, 0.1) is 6.92 Å². The van der Waals surface area contributed by atoms with Gasteiger partial charge in [0.05, 0.1) is 29.8 Å². The van der Waals surface area contributed by atoms with Gasteiger partial charge in [0.2, 0.25) is 11.9 Å². The Hall–Kier alpha value is -4.19. The number of hydrogen-bond donors (Lipinski definition) is 2. The van der Waals surface area contributed by atoms with E-state index in [9.17, 15) is 18.7 Å². The number of aryl methyl sites for hydroxylation is 1. The van der Waals surface area contributed by atoms with E-state index in [1.807, 2.05) is 0 Å². The van der Waals surface area contributed by atoms with Crippen molar-refractivity contribution in [2.75, 3.05) is 24.5 Å². The van der Waals surface area contributed by atoms with E-state index in [1.54, 1.807) is 53.1 Å². The van der Waals surface area contributed by atoms with Gasteiger partial charge >= 0.3 is 6.61 Å². The number of para-hydroxylation sites is 1. The fourth-order valence-corrected chi connectivity index (χ4v) is 4.05. The van der Waals surface area contributed by atoms with Crippen molar-refractivity contribution >= 4 is 17.5 Å². The summed E-state index contributed by atoms with van der Waals surface area (Å²) in [4.78, 5) is 31.0. The Kier molecular flexibility index (Phi) is 5.95. The Bertz CT molecular complexity index is 1380. The second-order valence-electron chi connectivity index (χ2n) is 7.95. The molecule has 4 aromatic rings. The first-order chi connectivity index (χ1) is 16.9. The van der Waals surface area contributed by atoms with Gasteiger partial charge in [0.1, 0.15) is 11.9 Å². The van der Waals surface area contributed by atoms with Gasteiger partial charge in [0.15, 0.2) is 5.65 Å². The largest absolute Gasteiger partial charge is 0.434 e. The second-order valence-corrected chi connectivity index (χ2v) is 7.95. The average Bonchev–Trinajstić information content (AvgIpc) is 3.18. The minimum atomic E-state index is -3.02. The van der Waals surface area contributed by atoms with Gasteiger partial charge in [-0.05, 0) is 13.0 Å². The number of imidazole rings is 1. The molecule has 0 spiro atoms. The van der Waals surface area contributed by atoms with Gasteiger partial charge in [-0.25, -0.2) is 15.0 Å². The lowest BCUT2D eigenvalue weighted by molar-refractivity contribution is -0.120. The average molecular weight is 481 g/mol. The van der Waals surface area contributed by atoms with Gasteiger partial charge in [0.25, 0.3) is 0 Å². The van der Waals surface area contributed by atoms with E-state index in [0.717, 1.165) is 0 Å². The molecular weight excluding hydrogens is 460 g/mol. The van der Waals surface area contributed by atoms with E-state index in [-0.39, 0.29) is 23.8 Å². The number of aromatic nitrogens is 5. The van der Waals surface area contributed by atoms with E-state index in [4.69, 9.17) is 0 Å². The van der Waals surface area contributed by atoms with Crippen molar-refractivity contribution in [1.82, 2.24) is 29.7 Å². The zero-order valence-corrected chi connectivity index (χ0v) is 18.6. The number of anilines is 1. The Morgan fingerprint density at radius 1 is 1.14 bits per heavy atom. The molecule has 1 aromatic carbocycles. The van der Waals surface area contributed by atoms with Crippen LogP contribution in [0.25, 0.3) is 16.9 Å². The maximum atomic E-state index is 12.9. The summed E-state index contributed by atoms with van der Waals surface area (Å²) in [5, 5.41) is 13.9. The molecule has 1 aliphatic rings. The highest BCUT2D eigenvalue weighted by Crippen LogP contribution is 2.33. The Morgan fingerprint density at radius 3 is 2.66 bits per heavy atom. The SMILES string of the molecule is Cc1nc2cnc(-c3cnc(N4CCNC(=O)C4)nc3)cn2c1C(O)c1ccccc1OC(F)F. The Morgan fingerprint density at radius 2 is 1.91 bits per heavy atom. The van der Waals surface area contributed by atoms with Crippen LogP contribution in [0.3, 0.4) is 0 Å². The van der Waals surface area contributed by atoms with E-state index in [0.29, 0.717) is 47.3 Å². The molecule has 0 radical (unpaired) electrons. The number of aliphatic hydroxyl groups is 1. The Balaban J connectivity index is 1.49. The first-order valence-corrected chi connectivity index (χ1v) is 10.8. The number of hydrogen-bond acceptors (Lipinski definition) is 8. The third-order valence-electron chi connectivity index (χ3n) is 5.67. The molecule has 35 heavy (non-hydrogen) atoms. The van der Waals surface area contributed by atoms with Gasteiger partial charge in [-0.15, -0.1) is 0 Å². The molecular formula is C23H21F2N7O3. The van der Waals surface area contributed by atoms with Crippen LogP contribution >= 0.6 is 0 Å². The zero-order chi connectivity index (χ0) is 24.5. The number of ether oxygens (including phenoxy) is 1. The maximum absolute atomic E-state index is 12.9. The van der Waals surface area contributed by atoms with E-state index >= 15 is 0 Å². The normalized spacial score (nSPS) is 14.9. The second kappa shape index (κ2) is 9.22. The highest BCUT2D eigenvalue weighted by atomic mass is 19.3. The molecule has 10 nitrogen and oxygen atoms in total. The number of halogens is 2. The van der Waals surface area contributed by atoms with Crippen molar-refractivity contribution in [3.05, 3.63) is 66.0 Å². The number of carbonyl (C=O) groups is 1. The molecule has 1 atom stereocenters. The number of rotatable bonds is 6. The van der Waals surface area contributed by atoms with Crippen LogP contribution in [0.1, 0.15) is 23.1 Å². The number of nitrogens with zero attached hydrogens (tertiary/aromatic N) is 6. The highest BCUT2D eigenvalue weighted by molar-refractivity contribution is 5.82. The summed E-state index contributed by atoms with van der Waals surface area (Å²) in [5.74, 6) is 0.238. The molecule has 1 unspecified atom stereocenters. The molecule has 5 rings (SSSR count). The predicted octanol–water partition coefficient (Wildman–Crippen LogP) is 2.11. The summed E-state index contributed by atoms with van der Waals surface area (Å²) in [6.45, 7) is 0.0229. The molecule has 1 saturated heterocycles. The van der Waals surface area contributed by atoms with E-state index in [1.165, 1.54) is 12.1 Å². The summed E-state index contributed by atoms with van der Waals surface area (Å²) in [7, 11) is 0. The number of piperazine rings is 1. The summed E-state index contributed by atoms with van der Waals surface area (Å²) in [6, 6.07) is 6.09. The third kappa shape index (κ3) is 4.47. The van der Waals surface area contributed by atoms with E-state index < -0.39 is 12.7 Å². The number of aliphatic hydroxyl groups excluding tert-OH is 1. The fraction of sp³-hybridized carbons (Fsp3) is 0.261. The molecule has 0 aliphatic carbocycles. The van der Waals surface area contributed by atoms with Gasteiger partial charge in [-0.3, -0.25) is 14.2 Å². The van der Waals surface area contributed by atoms with Crippen molar-refractivity contribution in [3.8, 4) is 17.0 Å². The van der Waals surface area contributed by atoms with Crippen molar-refractivity contribution in [2.45, 2.75) is 19.6 Å². The molecule has 3 aromatic heterocycles. The monoisotopic (exact) mass is 481 g/mol. The standard InChI is InChI=1S/C23H21F2N7O3/c1-13-20(21(34)15-4-2-3-5-17(15)35-22(24)25)32-11-16(27-10-18(32)30-13)14-8-28-23(29-9-14)31-7-6-26-19(33)12-31/h2-5,8-11,21-22,34H,6-7,12H2,1H3,(H,26,33). The number of nitrogens with one attached hydrogen (secondary N) is 1. The lowest BCUT2D eigenvalue weighted by Crippen LogP contribution is -2.48. The molecule has 1 fully saturated rings. The predicted molar refractivity (Wildman–Crippen MR) is 121 cm³/mol. The van der Waals surface area contributed by atoms with Gasteiger partial charge in [-0.2, -0.15) is 8.78 Å². The fourth-order valence-electron chi connectivity index (χ4n) is 4.05. The van der Waals surface area contributed by atoms with E-state index in [2.05, 4.69) is 30.0 Å². The van der Waals surface area contributed by atoms with Crippen LogP contribution in [-0.2, 0) is 4.79 Å². The molecule has 12 heteroatoms. The maximum Gasteiger partial charge on any atom is 0.387 e. The molecule has 1 aliphatic heterocycles. The van der Waals surface area contributed by atoms with Crippen LogP contribution < -0.4 is 15.0 Å². The third-order valence-corrected chi connectivity index (χ3v) is 5.67. The number of alkyl halides is 2. The van der Waals surface area contributed by atoms with Crippen molar-refractivity contribution in [3.63, 3.8) is 0 Å². The number of carbonyl (C=O) groups excluding carboxylic acids is 1. The van der Waals surface area contributed by atoms with Gasteiger partial charge < -0.3 is 20.1 Å².